The molecule has 0 aromatic carbocycles. The fourth-order valence-corrected chi connectivity index (χ4v) is 0.662. The monoisotopic (exact) mass is 139 g/mol. The molecule has 0 atom stereocenters. The Morgan fingerprint density at radius 2 is 2.30 bits per heavy atom. The molecule has 0 rings (SSSR count). The maximum Gasteiger partial charge on any atom is 0.136 e. The highest BCUT2D eigenvalue weighted by molar-refractivity contribution is 5.97. The van der Waals surface area contributed by atoms with Gasteiger partial charge < -0.3 is 5.11 Å². The normalized spacial score (nSPS) is 13.4. The van der Waals surface area contributed by atoms with Crippen LogP contribution in [0, 0.1) is 0 Å². The Hall–Kier alpha value is -1.05. The summed E-state index contributed by atoms with van der Waals surface area (Å²) in [6, 6.07) is 0. The van der Waals surface area contributed by atoms with Crippen LogP contribution in [0.2, 0.25) is 0 Å². The zero-order valence-electron chi connectivity index (χ0n) is 6.46. The van der Waals surface area contributed by atoms with E-state index in [-0.39, 0.29) is 5.76 Å². The van der Waals surface area contributed by atoms with Gasteiger partial charge in [0.05, 0.1) is 5.71 Å². The van der Waals surface area contributed by atoms with Crippen molar-refractivity contribution < 1.29 is 5.11 Å². The molecule has 0 aliphatic heterocycles. The van der Waals surface area contributed by atoms with Crippen molar-refractivity contribution >= 4 is 5.71 Å². The Morgan fingerprint density at radius 3 is 2.60 bits per heavy atom. The Morgan fingerprint density at radius 1 is 1.70 bits per heavy atom. The quantitative estimate of drug-likeness (QED) is 0.362. The molecule has 0 aromatic rings. The van der Waals surface area contributed by atoms with Gasteiger partial charge in [-0.05, 0) is 12.5 Å². The summed E-state index contributed by atoms with van der Waals surface area (Å²) in [6.45, 7) is 5.40. The SMILES string of the molecule is C=C/C=C(/O)C(CC)=NC. The van der Waals surface area contributed by atoms with Crippen LogP contribution in [0.4, 0.5) is 0 Å². The summed E-state index contributed by atoms with van der Waals surface area (Å²) >= 11 is 0. The van der Waals surface area contributed by atoms with E-state index in [4.69, 9.17) is 5.11 Å². The third kappa shape index (κ3) is 2.49. The van der Waals surface area contributed by atoms with E-state index in [1.165, 1.54) is 12.2 Å². The number of aliphatic imine (C=N–C) groups is 1. The molecule has 2 heteroatoms. The van der Waals surface area contributed by atoms with Gasteiger partial charge in [0.2, 0.25) is 0 Å². The first kappa shape index (κ1) is 8.95. The average Bonchev–Trinajstić information content (AvgIpc) is 1.91. The number of rotatable bonds is 3. The van der Waals surface area contributed by atoms with E-state index >= 15 is 0 Å². The molecule has 0 spiro atoms. The van der Waals surface area contributed by atoms with Crippen molar-refractivity contribution in [1.82, 2.24) is 0 Å². The average molecular weight is 139 g/mol. The fraction of sp³-hybridized carbons (Fsp3) is 0.375. The molecular formula is C8H13NO. The maximum absolute atomic E-state index is 9.17. The first-order valence-electron chi connectivity index (χ1n) is 3.24. The van der Waals surface area contributed by atoms with E-state index in [2.05, 4.69) is 11.6 Å². The van der Waals surface area contributed by atoms with Gasteiger partial charge >= 0.3 is 0 Å². The summed E-state index contributed by atoms with van der Waals surface area (Å²) in [5.41, 5.74) is 0.708. The molecule has 0 saturated carbocycles. The van der Waals surface area contributed by atoms with Gasteiger partial charge in [0.25, 0.3) is 0 Å². The van der Waals surface area contributed by atoms with Gasteiger partial charge in [-0.2, -0.15) is 0 Å². The molecule has 0 aliphatic rings. The van der Waals surface area contributed by atoms with E-state index in [1.807, 2.05) is 6.92 Å². The molecule has 0 heterocycles. The van der Waals surface area contributed by atoms with E-state index in [1.54, 1.807) is 7.05 Å². The molecule has 0 aromatic heterocycles. The van der Waals surface area contributed by atoms with Crippen molar-refractivity contribution in [3.8, 4) is 0 Å². The lowest BCUT2D eigenvalue weighted by Crippen LogP contribution is -1.99. The minimum absolute atomic E-state index is 0.208. The summed E-state index contributed by atoms with van der Waals surface area (Å²) in [7, 11) is 1.66. The van der Waals surface area contributed by atoms with Crippen LogP contribution < -0.4 is 0 Å². The van der Waals surface area contributed by atoms with Crippen molar-refractivity contribution in [3.05, 3.63) is 24.5 Å². The summed E-state index contributed by atoms with van der Waals surface area (Å²) < 4.78 is 0. The van der Waals surface area contributed by atoms with Crippen LogP contribution >= 0.6 is 0 Å². The number of aliphatic hydroxyl groups is 1. The molecule has 10 heavy (non-hydrogen) atoms. The van der Waals surface area contributed by atoms with Crippen molar-refractivity contribution in [2.45, 2.75) is 13.3 Å². The van der Waals surface area contributed by atoms with Crippen LogP contribution in [-0.2, 0) is 0 Å². The number of hydrogen-bond acceptors (Lipinski definition) is 2. The van der Waals surface area contributed by atoms with E-state index in [0.29, 0.717) is 5.71 Å². The minimum Gasteiger partial charge on any atom is -0.506 e. The lowest BCUT2D eigenvalue weighted by atomic mass is 10.2. The molecule has 1 N–H and O–H groups in total. The standard InChI is InChI=1S/C8H13NO/c1-4-6-8(10)7(5-2)9-3/h4,6,10H,1,5H2,2-3H3/b8-6+,9-7?. The third-order valence-corrected chi connectivity index (χ3v) is 1.18. The molecule has 0 aliphatic carbocycles. The largest absolute Gasteiger partial charge is 0.506 e. The number of allylic oxidation sites excluding steroid dienone is 3. The van der Waals surface area contributed by atoms with E-state index in [0.717, 1.165) is 6.42 Å². The van der Waals surface area contributed by atoms with Crippen LogP contribution in [0.15, 0.2) is 29.5 Å². The molecule has 2 nitrogen and oxygen atoms in total. The molecule has 0 saturated heterocycles. The maximum atomic E-state index is 9.17. The zero-order chi connectivity index (χ0) is 7.98. The second kappa shape index (κ2) is 4.79. The van der Waals surface area contributed by atoms with Crippen molar-refractivity contribution in [1.29, 1.82) is 0 Å². The van der Waals surface area contributed by atoms with Gasteiger partial charge in [0, 0.05) is 7.05 Å². The van der Waals surface area contributed by atoms with Gasteiger partial charge in [-0.3, -0.25) is 4.99 Å². The predicted octanol–water partition coefficient (Wildman–Crippen LogP) is 2.10. The number of nitrogens with zero attached hydrogens (tertiary/aromatic N) is 1. The van der Waals surface area contributed by atoms with Gasteiger partial charge in [0.15, 0.2) is 0 Å². The second-order valence-electron chi connectivity index (χ2n) is 1.81. The molecule has 0 unspecified atom stereocenters. The van der Waals surface area contributed by atoms with Crippen LogP contribution in [0.5, 0.6) is 0 Å². The second-order valence-corrected chi connectivity index (χ2v) is 1.81. The van der Waals surface area contributed by atoms with Gasteiger partial charge in [0.1, 0.15) is 5.76 Å². The van der Waals surface area contributed by atoms with Crippen molar-refractivity contribution in [2.24, 2.45) is 4.99 Å². The fourth-order valence-electron chi connectivity index (χ4n) is 0.662. The first-order valence-corrected chi connectivity index (χ1v) is 3.24. The summed E-state index contributed by atoms with van der Waals surface area (Å²) in [4.78, 5) is 3.88. The van der Waals surface area contributed by atoms with Crippen LogP contribution in [0.3, 0.4) is 0 Å². The molecule has 0 bridgehead atoms. The van der Waals surface area contributed by atoms with Crippen LogP contribution in [-0.4, -0.2) is 17.9 Å². The molecule has 0 radical (unpaired) electrons. The highest BCUT2D eigenvalue weighted by Gasteiger charge is 1.97. The van der Waals surface area contributed by atoms with Gasteiger partial charge in [-0.25, -0.2) is 0 Å². The Kier molecular flexibility index (Phi) is 4.29. The van der Waals surface area contributed by atoms with E-state index in [9.17, 15) is 0 Å². The molecule has 56 valence electrons. The number of hydrogen-bond donors (Lipinski definition) is 1. The van der Waals surface area contributed by atoms with Crippen molar-refractivity contribution in [2.75, 3.05) is 7.05 Å². The first-order chi connectivity index (χ1) is 4.76. The van der Waals surface area contributed by atoms with E-state index < -0.39 is 0 Å². The highest BCUT2D eigenvalue weighted by atomic mass is 16.3. The number of aliphatic hydroxyl groups excluding tert-OH is 1. The minimum atomic E-state index is 0.208. The highest BCUT2D eigenvalue weighted by Crippen LogP contribution is 1.97. The van der Waals surface area contributed by atoms with Crippen LogP contribution in [0.25, 0.3) is 0 Å². The smallest absolute Gasteiger partial charge is 0.136 e. The Balaban J connectivity index is 4.30. The van der Waals surface area contributed by atoms with Crippen LogP contribution in [0.1, 0.15) is 13.3 Å². The zero-order valence-corrected chi connectivity index (χ0v) is 6.46. The lowest BCUT2D eigenvalue weighted by Gasteiger charge is -1.98. The predicted molar refractivity (Wildman–Crippen MR) is 44.6 cm³/mol. The summed E-state index contributed by atoms with van der Waals surface area (Å²) in [5, 5.41) is 9.17. The lowest BCUT2D eigenvalue weighted by molar-refractivity contribution is 0.441. The summed E-state index contributed by atoms with van der Waals surface area (Å²) in [6.07, 6.45) is 3.81. The Bertz CT molecular complexity index is 168. The Labute approximate surface area is 61.6 Å². The molecule has 0 amide bonds. The molecular weight excluding hydrogens is 126 g/mol. The third-order valence-electron chi connectivity index (χ3n) is 1.18. The van der Waals surface area contributed by atoms with Crippen molar-refractivity contribution in [3.63, 3.8) is 0 Å². The summed E-state index contributed by atoms with van der Waals surface area (Å²) in [5.74, 6) is 0.208. The van der Waals surface area contributed by atoms with Gasteiger partial charge in [-0.15, -0.1) is 0 Å². The van der Waals surface area contributed by atoms with Gasteiger partial charge in [-0.1, -0.05) is 19.6 Å². The topological polar surface area (TPSA) is 32.6 Å². The molecule has 0 fully saturated rings.